The zero-order chi connectivity index (χ0) is 16.4. The molecule has 23 heavy (non-hydrogen) atoms. The van der Waals surface area contributed by atoms with Gasteiger partial charge in [-0.3, -0.25) is 4.79 Å². The number of carbonyl (C=O) groups is 1. The highest BCUT2D eigenvalue weighted by atomic mass is 16.3. The van der Waals surface area contributed by atoms with E-state index in [1.165, 1.54) is 0 Å². The number of hydrogen-bond donors (Lipinski definition) is 2. The van der Waals surface area contributed by atoms with Crippen LogP contribution in [0.1, 0.15) is 17.3 Å². The topological polar surface area (TPSA) is 81.6 Å². The average molecular weight is 313 g/mol. The summed E-state index contributed by atoms with van der Waals surface area (Å²) in [5.74, 6) is 1.18. The van der Waals surface area contributed by atoms with E-state index in [-0.39, 0.29) is 11.7 Å². The van der Waals surface area contributed by atoms with E-state index in [1.807, 2.05) is 18.9 Å². The first-order chi connectivity index (χ1) is 11.1. The molecular formula is C16H19N5O2. The van der Waals surface area contributed by atoms with E-state index in [0.717, 1.165) is 12.2 Å². The van der Waals surface area contributed by atoms with Gasteiger partial charge in [-0.05, 0) is 31.2 Å². The predicted octanol–water partition coefficient (Wildman–Crippen LogP) is 1.71. The van der Waals surface area contributed by atoms with Crippen molar-refractivity contribution in [3.05, 3.63) is 36.0 Å². The number of amides is 1. The van der Waals surface area contributed by atoms with Crippen molar-refractivity contribution in [1.29, 1.82) is 0 Å². The second-order valence-corrected chi connectivity index (χ2v) is 5.36. The first-order valence-corrected chi connectivity index (χ1v) is 7.53. The highest BCUT2D eigenvalue weighted by molar-refractivity contribution is 6.09. The molecule has 0 saturated heterocycles. The van der Waals surface area contributed by atoms with Crippen molar-refractivity contribution in [2.45, 2.75) is 6.92 Å². The van der Waals surface area contributed by atoms with Gasteiger partial charge < -0.3 is 20.2 Å². The van der Waals surface area contributed by atoms with Crippen LogP contribution in [0.15, 0.2) is 30.5 Å². The van der Waals surface area contributed by atoms with Crippen LogP contribution in [-0.4, -0.2) is 47.7 Å². The molecule has 0 atom stereocenters. The van der Waals surface area contributed by atoms with Crippen molar-refractivity contribution in [2.75, 3.05) is 41.8 Å². The zero-order valence-electron chi connectivity index (χ0n) is 13.2. The molecule has 1 aromatic carbocycles. The number of hydrogen-bond acceptors (Lipinski definition) is 6. The molecule has 0 unspecified atom stereocenters. The fraction of sp³-hybridized carbons (Fsp3) is 0.312. The number of rotatable bonds is 3. The number of benzene rings is 1. The number of aromatic nitrogens is 2. The predicted molar refractivity (Wildman–Crippen MR) is 89.2 cm³/mol. The van der Waals surface area contributed by atoms with Crippen molar-refractivity contribution in [1.82, 2.24) is 9.97 Å². The third kappa shape index (κ3) is 2.90. The normalized spacial score (nSPS) is 14.4. The van der Waals surface area contributed by atoms with Gasteiger partial charge in [-0.25, -0.2) is 4.98 Å². The molecule has 2 aromatic rings. The van der Waals surface area contributed by atoms with Gasteiger partial charge >= 0.3 is 0 Å². The van der Waals surface area contributed by atoms with E-state index in [9.17, 15) is 9.90 Å². The Kier molecular flexibility index (Phi) is 4.01. The molecule has 1 aliphatic heterocycles. The first-order valence-electron chi connectivity index (χ1n) is 7.53. The Morgan fingerprint density at radius 1 is 1.26 bits per heavy atom. The van der Waals surface area contributed by atoms with Gasteiger partial charge in [-0.15, -0.1) is 0 Å². The van der Waals surface area contributed by atoms with Gasteiger partial charge in [0.25, 0.3) is 5.91 Å². The molecule has 0 radical (unpaired) electrons. The van der Waals surface area contributed by atoms with Crippen LogP contribution in [0.5, 0.6) is 5.75 Å². The Hall–Kier alpha value is -2.83. The summed E-state index contributed by atoms with van der Waals surface area (Å²) in [6.07, 6.45) is 1.57. The molecule has 0 aliphatic carbocycles. The summed E-state index contributed by atoms with van der Waals surface area (Å²) >= 11 is 0. The molecule has 3 rings (SSSR count). The lowest BCUT2D eigenvalue weighted by Crippen LogP contribution is -2.33. The Morgan fingerprint density at radius 2 is 2.00 bits per heavy atom. The molecule has 1 amide bonds. The molecule has 1 aromatic heterocycles. The summed E-state index contributed by atoms with van der Waals surface area (Å²) in [4.78, 5) is 25.2. The summed E-state index contributed by atoms with van der Waals surface area (Å²) in [5.41, 5.74) is 1.21. The number of nitrogens with zero attached hydrogens (tertiary/aromatic N) is 4. The number of aromatic hydroxyl groups is 1. The van der Waals surface area contributed by atoms with Crippen molar-refractivity contribution in [3.63, 3.8) is 0 Å². The maximum Gasteiger partial charge on any atom is 0.263 e. The molecule has 2 N–H and O–H groups in total. The molecule has 7 nitrogen and oxygen atoms in total. The molecule has 2 heterocycles. The number of phenolic OH excluding ortho intramolecular Hbond substituents is 1. The van der Waals surface area contributed by atoms with Gasteiger partial charge in [0.2, 0.25) is 5.95 Å². The van der Waals surface area contributed by atoms with Gasteiger partial charge in [0.15, 0.2) is 0 Å². The molecule has 7 heteroatoms. The minimum Gasteiger partial charge on any atom is -0.508 e. The summed E-state index contributed by atoms with van der Waals surface area (Å²) in [5, 5.41) is 12.5. The highest BCUT2D eigenvalue weighted by Crippen LogP contribution is 2.27. The van der Waals surface area contributed by atoms with Crippen molar-refractivity contribution in [2.24, 2.45) is 0 Å². The van der Waals surface area contributed by atoms with Crippen molar-refractivity contribution >= 4 is 23.4 Å². The molecule has 120 valence electrons. The number of anilines is 3. The Labute approximate surface area is 134 Å². The van der Waals surface area contributed by atoms with E-state index in [1.54, 1.807) is 35.4 Å². The Balaban J connectivity index is 1.99. The van der Waals surface area contributed by atoms with Gasteiger partial charge in [0.1, 0.15) is 17.1 Å². The second-order valence-electron chi connectivity index (χ2n) is 5.36. The fourth-order valence-corrected chi connectivity index (χ4v) is 2.54. The smallest absolute Gasteiger partial charge is 0.263 e. The van der Waals surface area contributed by atoms with Gasteiger partial charge in [-0.1, -0.05) is 0 Å². The molecular weight excluding hydrogens is 294 g/mol. The monoisotopic (exact) mass is 313 g/mol. The van der Waals surface area contributed by atoms with Crippen LogP contribution < -0.4 is 15.1 Å². The van der Waals surface area contributed by atoms with E-state index < -0.39 is 0 Å². The van der Waals surface area contributed by atoms with Gasteiger partial charge in [-0.2, -0.15) is 4.98 Å². The van der Waals surface area contributed by atoms with Crippen molar-refractivity contribution in [3.8, 4) is 5.75 Å². The maximum absolute atomic E-state index is 12.9. The van der Waals surface area contributed by atoms with E-state index in [0.29, 0.717) is 30.4 Å². The molecule has 0 spiro atoms. The van der Waals surface area contributed by atoms with Crippen LogP contribution in [0.2, 0.25) is 0 Å². The lowest BCUT2D eigenvalue weighted by atomic mass is 10.2. The number of nitrogens with one attached hydrogen (secondary N) is 1. The van der Waals surface area contributed by atoms with Crippen LogP contribution in [0.3, 0.4) is 0 Å². The minimum atomic E-state index is -0.141. The maximum atomic E-state index is 12.9. The largest absolute Gasteiger partial charge is 0.508 e. The lowest BCUT2D eigenvalue weighted by molar-refractivity contribution is 0.0989. The van der Waals surface area contributed by atoms with Crippen LogP contribution in [0.25, 0.3) is 0 Å². The van der Waals surface area contributed by atoms with Gasteiger partial charge in [0, 0.05) is 38.6 Å². The van der Waals surface area contributed by atoms with E-state index >= 15 is 0 Å². The first kappa shape index (κ1) is 15.1. The van der Waals surface area contributed by atoms with Crippen molar-refractivity contribution < 1.29 is 9.90 Å². The number of likely N-dealkylation sites (N-methyl/N-ethyl adjacent to an activating group) is 1. The summed E-state index contributed by atoms with van der Waals surface area (Å²) in [6, 6.07) is 6.60. The third-order valence-electron chi connectivity index (χ3n) is 3.76. The summed E-state index contributed by atoms with van der Waals surface area (Å²) in [7, 11) is 1.91. The lowest BCUT2D eigenvalue weighted by Gasteiger charge is -2.21. The second kappa shape index (κ2) is 6.12. The minimum absolute atomic E-state index is 0.141. The Bertz CT molecular complexity index is 717. The van der Waals surface area contributed by atoms with Gasteiger partial charge in [0.05, 0.1) is 0 Å². The summed E-state index contributed by atoms with van der Waals surface area (Å²) < 4.78 is 0. The third-order valence-corrected chi connectivity index (χ3v) is 3.76. The fourth-order valence-electron chi connectivity index (χ4n) is 2.54. The highest BCUT2D eigenvalue weighted by Gasteiger charge is 2.27. The van der Waals surface area contributed by atoms with Crippen LogP contribution in [0.4, 0.5) is 17.5 Å². The Morgan fingerprint density at radius 3 is 2.70 bits per heavy atom. The number of carbonyl (C=O) groups excluding carboxylic acids is 1. The molecule has 1 aliphatic rings. The van der Waals surface area contributed by atoms with Crippen LogP contribution in [0, 0.1) is 0 Å². The SMILES string of the molecule is CCNc1ncc2c(n1)N(C)CCN(c1ccc(O)cc1)C2=O. The number of fused-ring (bicyclic) bond motifs is 1. The quantitative estimate of drug-likeness (QED) is 0.898. The number of phenols is 1. The summed E-state index contributed by atoms with van der Waals surface area (Å²) in [6.45, 7) is 3.88. The zero-order valence-corrected chi connectivity index (χ0v) is 13.2. The standard InChI is InChI=1S/C16H19N5O2/c1-3-17-16-18-10-13-14(19-16)20(2)8-9-21(15(13)23)11-4-6-12(22)7-5-11/h4-7,10,22H,3,8-9H2,1-2H3,(H,17,18,19). The molecule has 0 bridgehead atoms. The average Bonchev–Trinajstić information content (AvgIpc) is 2.67. The van der Waals surface area contributed by atoms with E-state index in [2.05, 4.69) is 15.3 Å². The molecule has 0 saturated carbocycles. The molecule has 0 fully saturated rings. The van der Waals surface area contributed by atoms with Crippen LogP contribution >= 0.6 is 0 Å². The van der Waals surface area contributed by atoms with E-state index in [4.69, 9.17) is 0 Å². The van der Waals surface area contributed by atoms with Crippen LogP contribution in [-0.2, 0) is 0 Å².